The van der Waals surface area contributed by atoms with Crippen molar-refractivity contribution in [1.29, 1.82) is 0 Å². The number of hydrogen-bond acceptors (Lipinski definition) is 5. The molecule has 0 aromatic heterocycles. The van der Waals surface area contributed by atoms with Gasteiger partial charge in [-0.25, -0.2) is 0 Å². The number of benzene rings is 3. The van der Waals surface area contributed by atoms with E-state index in [2.05, 4.69) is 0 Å². The third-order valence-corrected chi connectivity index (χ3v) is 8.24. The van der Waals surface area contributed by atoms with Crippen LogP contribution in [0.4, 0.5) is 26.3 Å². The Morgan fingerprint density at radius 3 is 1.76 bits per heavy atom. The molecule has 0 bridgehead atoms. The first-order valence-corrected chi connectivity index (χ1v) is 12.2. The Kier molecular flexibility index (Phi) is 7.81. The quantitative estimate of drug-likeness (QED) is 0.227. The average molecular weight is 565 g/mol. The topological polar surface area (TPSA) is 69.7 Å². The minimum Gasteiger partial charge on any atom is -0.496 e. The lowest BCUT2D eigenvalue weighted by molar-refractivity contribution is -0.143. The Morgan fingerprint density at radius 1 is 0.757 bits per heavy atom. The second-order valence-electron chi connectivity index (χ2n) is 7.44. The Balaban J connectivity index is 2.54. The molecule has 0 saturated carbocycles. The van der Waals surface area contributed by atoms with Gasteiger partial charge in [-0.2, -0.15) is 26.3 Å². The molecule has 0 amide bonds. The van der Waals surface area contributed by atoms with E-state index in [0.717, 1.165) is 38.5 Å². The van der Waals surface area contributed by atoms with Crippen molar-refractivity contribution in [2.45, 2.75) is 12.4 Å². The van der Waals surface area contributed by atoms with E-state index in [-0.39, 0.29) is 17.2 Å². The molecule has 5 nitrogen and oxygen atoms in total. The van der Waals surface area contributed by atoms with Crippen LogP contribution in [0.25, 0.3) is 0 Å². The SMILES string of the molecule is COc1ccc(Cl)c(OC)c1P(=O)(C(=O)c1ccccc1)C(=O)c1c(C(F)(F)F)cccc1C(F)(F)F. The van der Waals surface area contributed by atoms with Crippen molar-refractivity contribution in [3.8, 4) is 11.5 Å². The van der Waals surface area contributed by atoms with Crippen LogP contribution in [-0.2, 0) is 16.9 Å². The van der Waals surface area contributed by atoms with E-state index >= 15 is 0 Å². The monoisotopic (exact) mass is 564 g/mol. The minimum atomic E-state index is -5.64. The highest BCUT2D eigenvalue weighted by atomic mass is 35.5. The molecule has 1 atom stereocenters. The van der Waals surface area contributed by atoms with Gasteiger partial charge in [-0.05, 0) is 24.3 Å². The summed E-state index contributed by atoms with van der Waals surface area (Å²) in [6.07, 6.45) is -11.0. The summed E-state index contributed by atoms with van der Waals surface area (Å²) < 4.78 is 108. The fourth-order valence-corrected chi connectivity index (χ4v) is 6.59. The maximum absolute atomic E-state index is 14.6. The van der Waals surface area contributed by atoms with E-state index < -0.39 is 69.6 Å². The number of hydrogen-bond donors (Lipinski definition) is 0. The highest BCUT2D eigenvalue weighted by Gasteiger charge is 2.52. The van der Waals surface area contributed by atoms with Gasteiger partial charge in [0.2, 0.25) is 11.0 Å². The first-order chi connectivity index (χ1) is 17.2. The molecular formula is C24H16ClF6O5P. The van der Waals surface area contributed by atoms with Crippen molar-refractivity contribution < 1.29 is 50.0 Å². The summed E-state index contributed by atoms with van der Waals surface area (Å²) >= 11 is 6.09. The van der Waals surface area contributed by atoms with Crippen molar-refractivity contribution in [1.82, 2.24) is 0 Å². The summed E-state index contributed by atoms with van der Waals surface area (Å²) in [6.45, 7) is 0. The van der Waals surface area contributed by atoms with Crippen molar-refractivity contribution >= 4 is 35.1 Å². The van der Waals surface area contributed by atoms with Crippen LogP contribution in [0.2, 0.25) is 5.02 Å². The molecule has 0 aliphatic heterocycles. The Hall–Kier alpha value is -3.30. The molecule has 196 valence electrons. The number of halogens is 7. The van der Waals surface area contributed by atoms with Gasteiger partial charge in [0, 0.05) is 5.56 Å². The maximum Gasteiger partial charge on any atom is 0.417 e. The third-order valence-electron chi connectivity index (χ3n) is 5.27. The number of carbonyl (C=O) groups excluding carboxylic acids is 2. The highest BCUT2D eigenvalue weighted by Crippen LogP contribution is 2.58. The van der Waals surface area contributed by atoms with Gasteiger partial charge in [0.25, 0.3) is 7.14 Å². The van der Waals surface area contributed by atoms with Crippen molar-refractivity contribution in [3.05, 3.63) is 87.9 Å². The van der Waals surface area contributed by atoms with E-state index in [0.29, 0.717) is 6.07 Å². The average Bonchev–Trinajstić information content (AvgIpc) is 2.86. The van der Waals surface area contributed by atoms with Crippen LogP contribution in [0.1, 0.15) is 31.8 Å². The first kappa shape index (κ1) is 28.3. The second kappa shape index (κ2) is 10.2. The number of alkyl halides is 6. The van der Waals surface area contributed by atoms with Gasteiger partial charge in [0.1, 0.15) is 11.1 Å². The third kappa shape index (κ3) is 5.10. The van der Waals surface area contributed by atoms with Crippen LogP contribution in [0.3, 0.4) is 0 Å². The van der Waals surface area contributed by atoms with Gasteiger partial charge in [0.15, 0.2) is 5.75 Å². The molecule has 13 heteroatoms. The van der Waals surface area contributed by atoms with Gasteiger partial charge < -0.3 is 14.0 Å². The van der Waals surface area contributed by atoms with Crippen molar-refractivity contribution in [2.24, 2.45) is 0 Å². The standard InChI is InChI=1S/C24H16ClF6O5P/c1-35-17-12-11-16(25)19(36-2)20(17)37(34,21(32)13-7-4-3-5-8-13)22(33)18-14(23(26,27)28)9-6-10-15(18)24(29,30)31/h3-12H,1-2H3. The van der Waals surface area contributed by atoms with E-state index in [9.17, 15) is 40.5 Å². The summed E-state index contributed by atoms with van der Waals surface area (Å²) in [5.74, 6) is -1.06. The predicted molar refractivity (Wildman–Crippen MR) is 123 cm³/mol. The Labute approximate surface area is 211 Å². The van der Waals surface area contributed by atoms with E-state index in [1.165, 1.54) is 18.2 Å². The Bertz CT molecular complexity index is 1370. The number of rotatable bonds is 7. The summed E-state index contributed by atoms with van der Waals surface area (Å²) in [5.41, 5.74) is -10.2. The van der Waals surface area contributed by atoms with Crippen LogP contribution in [0, 0.1) is 0 Å². The largest absolute Gasteiger partial charge is 0.496 e. The molecule has 0 saturated heterocycles. The molecule has 0 fully saturated rings. The van der Waals surface area contributed by atoms with Gasteiger partial charge >= 0.3 is 12.4 Å². The van der Waals surface area contributed by atoms with E-state index in [4.69, 9.17) is 21.1 Å². The van der Waals surface area contributed by atoms with Crippen LogP contribution in [0.15, 0.2) is 60.7 Å². The fraction of sp³-hybridized carbons (Fsp3) is 0.167. The van der Waals surface area contributed by atoms with Crippen LogP contribution < -0.4 is 14.8 Å². The molecular weight excluding hydrogens is 549 g/mol. The summed E-state index contributed by atoms with van der Waals surface area (Å²) in [6, 6.07) is 9.39. The lowest BCUT2D eigenvalue weighted by Gasteiger charge is -2.24. The fourth-order valence-electron chi connectivity index (χ4n) is 3.66. The summed E-state index contributed by atoms with van der Waals surface area (Å²) in [4.78, 5) is 27.5. The van der Waals surface area contributed by atoms with E-state index in [1.807, 2.05) is 0 Å². The van der Waals surface area contributed by atoms with Gasteiger partial charge in [0.05, 0.1) is 35.9 Å². The zero-order valence-electron chi connectivity index (χ0n) is 18.9. The summed E-state index contributed by atoms with van der Waals surface area (Å²) in [5, 5.41) is -1.19. The smallest absolute Gasteiger partial charge is 0.417 e. The molecule has 0 aliphatic carbocycles. The van der Waals surface area contributed by atoms with Gasteiger partial charge in [-0.3, -0.25) is 9.59 Å². The zero-order valence-corrected chi connectivity index (χ0v) is 20.6. The van der Waals surface area contributed by atoms with Crippen LogP contribution in [-0.4, -0.2) is 25.3 Å². The molecule has 1 unspecified atom stereocenters. The van der Waals surface area contributed by atoms with Gasteiger partial charge in [-0.1, -0.05) is 48.0 Å². The van der Waals surface area contributed by atoms with Gasteiger partial charge in [-0.15, -0.1) is 0 Å². The lowest BCUT2D eigenvalue weighted by Crippen LogP contribution is -2.27. The highest BCUT2D eigenvalue weighted by molar-refractivity contribution is 8.01. The lowest BCUT2D eigenvalue weighted by atomic mass is 10.0. The minimum absolute atomic E-state index is 0.228. The first-order valence-electron chi connectivity index (χ1n) is 10.1. The molecule has 0 heterocycles. The predicted octanol–water partition coefficient (Wildman–Crippen LogP) is 7.06. The molecule has 0 radical (unpaired) electrons. The van der Waals surface area contributed by atoms with Crippen LogP contribution >= 0.6 is 18.7 Å². The maximum atomic E-state index is 14.6. The molecule has 3 aromatic carbocycles. The van der Waals surface area contributed by atoms with Crippen molar-refractivity contribution in [3.63, 3.8) is 0 Å². The van der Waals surface area contributed by atoms with Crippen LogP contribution in [0.5, 0.6) is 11.5 Å². The van der Waals surface area contributed by atoms with Crippen molar-refractivity contribution in [2.75, 3.05) is 14.2 Å². The molecule has 37 heavy (non-hydrogen) atoms. The molecule has 0 N–H and O–H groups in total. The number of ether oxygens (including phenoxy) is 2. The molecule has 3 aromatic rings. The second-order valence-corrected chi connectivity index (χ2v) is 10.3. The molecule has 0 spiro atoms. The summed E-state index contributed by atoms with van der Waals surface area (Å²) in [7, 11) is -3.61. The molecule has 3 rings (SSSR count). The normalized spacial score (nSPS) is 13.5. The molecule has 0 aliphatic rings. The number of carbonyl (C=O) groups is 2. The Morgan fingerprint density at radius 2 is 1.30 bits per heavy atom. The number of methoxy groups -OCH3 is 2. The zero-order chi connectivity index (χ0) is 27.8. The van der Waals surface area contributed by atoms with E-state index in [1.54, 1.807) is 0 Å².